The van der Waals surface area contributed by atoms with Crippen molar-refractivity contribution in [2.75, 3.05) is 21.3 Å². The van der Waals surface area contributed by atoms with Crippen LogP contribution in [0.2, 0.25) is 0 Å². The molecule has 0 aliphatic heterocycles. The summed E-state index contributed by atoms with van der Waals surface area (Å²) in [5.74, 6) is 2.29. The highest BCUT2D eigenvalue weighted by Gasteiger charge is 2.14. The minimum Gasteiger partial charge on any atom is -0.493 e. The van der Waals surface area contributed by atoms with Gasteiger partial charge in [0, 0.05) is 17.5 Å². The van der Waals surface area contributed by atoms with E-state index in [1.807, 2.05) is 0 Å². The highest BCUT2D eigenvalue weighted by Crippen LogP contribution is 2.40. The fraction of sp³-hybridized carbons (Fsp3) is 0.308. The standard InChI is InChI=1S/C13H14NO4S/c1-15-10-6-9(7-11(16-2)13(10)17-3)18-8-12-14-4-5-19-12/h5-7H,8H2,1-3H3. The maximum absolute atomic E-state index is 5.65. The van der Waals surface area contributed by atoms with Crippen molar-refractivity contribution in [3.05, 3.63) is 28.7 Å². The zero-order valence-electron chi connectivity index (χ0n) is 10.9. The Kier molecular flexibility index (Phi) is 4.46. The minimum absolute atomic E-state index is 0.382. The molecule has 1 heterocycles. The zero-order valence-corrected chi connectivity index (χ0v) is 11.7. The predicted molar refractivity (Wildman–Crippen MR) is 71.4 cm³/mol. The lowest BCUT2D eigenvalue weighted by Gasteiger charge is -2.14. The van der Waals surface area contributed by atoms with Gasteiger partial charge in [-0.2, -0.15) is 0 Å². The molecule has 0 N–H and O–H groups in total. The molecule has 0 spiro atoms. The highest BCUT2D eigenvalue weighted by molar-refractivity contribution is 7.09. The average molecular weight is 280 g/mol. The van der Waals surface area contributed by atoms with E-state index in [0.717, 1.165) is 5.01 Å². The molecule has 19 heavy (non-hydrogen) atoms. The maximum Gasteiger partial charge on any atom is 0.203 e. The summed E-state index contributed by atoms with van der Waals surface area (Å²) < 4.78 is 21.4. The Labute approximate surface area is 115 Å². The lowest BCUT2D eigenvalue weighted by molar-refractivity contribution is 0.291. The van der Waals surface area contributed by atoms with Crippen LogP contribution < -0.4 is 18.9 Å². The Bertz CT molecular complexity index is 502. The second kappa shape index (κ2) is 6.29. The Hall–Kier alpha value is -1.95. The number of hydrogen-bond donors (Lipinski definition) is 0. The molecule has 0 atom stereocenters. The summed E-state index contributed by atoms with van der Waals surface area (Å²) in [5, 5.41) is 2.64. The molecule has 1 aromatic heterocycles. The van der Waals surface area contributed by atoms with Crippen molar-refractivity contribution in [2.24, 2.45) is 0 Å². The van der Waals surface area contributed by atoms with Gasteiger partial charge in [-0.15, -0.1) is 11.3 Å². The van der Waals surface area contributed by atoms with E-state index >= 15 is 0 Å². The van der Waals surface area contributed by atoms with Gasteiger partial charge in [0.05, 0.1) is 21.3 Å². The molecule has 0 saturated carbocycles. The third-order valence-corrected chi connectivity index (χ3v) is 3.14. The van der Waals surface area contributed by atoms with Gasteiger partial charge in [0.1, 0.15) is 23.6 Å². The molecule has 5 nitrogen and oxygen atoms in total. The van der Waals surface area contributed by atoms with Crippen molar-refractivity contribution in [2.45, 2.75) is 6.61 Å². The van der Waals surface area contributed by atoms with Gasteiger partial charge in [0.15, 0.2) is 11.5 Å². The fourth-order valence-corrected chi connectivity index (χ4v) is 2.04. The van der Waals surface area contributed by atoms with Gasteiger partial charge in [-0.1, -0.05) is 0 Å². The van der Waals surface area contributed by atoms with E-state index in [2.05, 4.69) is 11.2 Å². The molecule has 101 valence electrons. The molecule has 0 aliphatic rings. The summed E-state index contributed by atoms with van der Waals surface area (Å²) in [4.78, 5) is 4.03. The van der Waals surface area contributed by atoms with Crippen molar-refractivity contribution in [3.63, 3.8) is 0 Å². The van der Waals surface area contributed by atoms with Crippen LogP contribution in [0.25, 0.3) is 0 Å². The number of thiazole rings is 1. The first-order chi connectivity index (χ1) is 9.28. The molecule has 0 bridgehead atoms. The molecule has 6 heteroatoms. The number of aromatic nitrogens is 1. The van der Waals surface area contributed by atoms with E-state index in [1.54, 1.807) is 38.8 Å². The van der Waals surface area contributed by atoms with E-state index in [9.17, 15) is 0 Å². The average Bonchev–Trinajstić information content (AvgIpc) is 2.97. The van der Waals surface area contributed by atoms with Gasteiger partial charge < -0.3 is 18.9 Å². The predicted octanol–water partition coefficient (Wildman–Crippen LogP) is 2.55. The molecule has 1 aromatic carbocycles. The first-order valence-electron chi connectivity index (χ1n) is 5.51. The molecular weight excluding hydrogens is 266 g/mol. The van der Waals surface area contributed by atoms with E-state index in [0.29, 0.717) is 29.6 Å². The summed E-state index contributed by atoms with van der Waals surface area (Å²) in [6.45, 7) is 0.382. The van der Waals surface area contributed by atoms with Gasteiger partial charge in [-0.05, 0) is 0 Å². The molecule has 2 rings (SSSR count). The SMILES string of the molecule is COc1cc(OCc2n[c]cs2)cc(OC)c1OC. The van der Waals surface area contributed by atoms with Crippen LogP contribution in [0.1, 0.15) is 5.01 Å². The van der Waals surface area contributed by atoms with Crippen LogP contribution in [0, 0.1) is 6.20 Å². The Morgan fingerprint density at radius 1 is 1.11 bits per heavy atom. The Morgan fingerprint density at radius 2 is 1.79 bits per heavy atom. The van der Waals surface area contributed by atoms with E-state index in [1.165, 1.54) is 11.3 Å². The molecule has 1 radical (unpaired) electrons. The van der Waals surface area contributed by atoms with Gasteiger partial charge in [0.2, 0.25) is 5.75 Å². The van der Waals surface area contributed by atoms with Gasteiger partial charge in [-0.25, -0.2) is 4.98 Å². The molecule has 0 unspecified atom stereocenters. The van der Waals surface area contributed by atoms with Crippen LogP contribution in [-0.4, -0.2) is 26.3 Å². The van der Waals surface area contributed by atoms with Crippen LogP contribution in [0.5, 0.6) is 23.0 Å². The van der Waals surface area contributed by atoms with Crippen LogP contribution >= 0.6 is 11.3 Å². The highest BCUT2D eigenvalue weighted by atomic mass is 32.1. The maximum atomic E-state index is 5.65. The van der Waals surface area contributed by atoms with E-state index in [-0.39, 0.29) is 0 Å². The number of methoxy groups -OCH3 is 3. The Morgan fingerprint density at radius 3 is 2.26 bits per heavy atom. The van der Waals surface area contributed by atoms with Crippen LogP contribution in [0.15, 0.2) is 17.5 Å². The second-order valence-corrected chi connectivity index (χ2v) is 4.46. The van der Waals surface area contributed by atoms with Crippen molar-refractivity contribution in [1.82, 2.24) is 4.98 Å². The first kappa shape index (κ1) is 13.5. The number of rotatable bonds is 6. The van der Waals surface area contributed by atoms with Crippen molar-refractivity contribution >= 4 is 11.3 Å². The summed E-state index contributed by atoms with van der Waals surface area (Å²) in [7, 11) is 4.69. The van der Waals surface area contributed by atoms with E-state index in [4.69, 9.17) is 18.9 Å². The van der Waals surface area contributed by atoms with Gasteiger partial charge in [-0.3, -0.25) is 0 Å². The molecule has 0 saturated heterocycles. The van der Waals surface area contributed by atoms with Crippen molar-refractivity contribution in [3.8, 4) is 23.0 Å². The number of ether oxygens (including phenoxy) is 4. The third kappa shape index (κ3) is 3.08. The first-order valence-corrected chi connectivity index (χ1v) is 6.39. The van der Waals surface area contributed by atoms with Crippen LogP contribution in [0.3, 0.4) is 0 Å². The summed E-state index contributed by atoms with van der Waals surface area (Å²) >= 11 is 1.49. The lowest BCUT2D eigenvalue weighted by Crippen LogP contribution is -1.98. The summed E-state index contributed by atoms with van der Waals surface area (Å²) in [5.41, 5.74) is 0. The summed E-state index contributed by atoms with van der Waals surface area (Å²) in [6.07, 6.45) is 2.75. The molecular formula is C13H14NO4S. The topological polar surface area (TPSA) is 49.8 Å². The van der Waals surface area contributed by atoms with Gasteiger partial charge >= 0.3 is 0 Å². The van der Waals surface area contributed by atoms with Crippen molar-refractivity contribution in [1.29, 1.82) is 0 Å². The quantitative estimate of drug-likeness (QED) is 0.814. The second-order valence-electron chi connectivity index (χ2n) is 3.52. The zero-order chi connectivity index (χ0) is 13.7. The summed E-state index contributed by atoms with van der Waals surface area (Å²) in [6, 6.07) is 3.50. The third-order valence-electron chi connectivity index (χ3n) is 2.44. The lowest BCUT2D eigenvalue weighted by atomic mass is 10.2. The number of benzene rings is 1. The molecule has 0 fully saturated rings. The normalized spacial score (nSPS) is 10.1. The molecule has 0 aliphatic carbocycles. The smallest absolute Gasteiger partial charge is 0.203 e. The molecule has 0 amide bonds. The number of hydrogen-bond acceptors (Lipinski definition) is 6. The number of nitrogens with zero attached hydrogens (tertiary/aromatic N) is 1. The monoisotopic (exact) mass is 280 g/mol. The van der Waals surface area contributed by atoms with Crippen LogP contribution in [0.4, 0.5) is 0 Å². The fourth-order valence-electron chi connectivity index (χ4n) is 1.57. The Balaban J connectivity index is 2.20. The van der Waals surface area contributed by atoms with Gasteiger partial charge in [0.25, 0.3) is 0 Å². The largest absolute Gasteiger partial charge is 0.493 e. The minimum atomic E-state index is 0.382. The molecule has 2 aromatic rings. The van der Waals surface area contributed by atoms with Crippen molar-refractivity contribution < 1.29 is 18.9 Å². The van der Waals surface area contributed by atoms with Crippen LogP contribution in [-0.2, 0) is 6.61 Å². The van der Waals surface area contributed by atoms with E-state index < -0.39 is 0 Å².